The zero-order chi connectivity index (χ0) is 20.0. The van der Waals surface area contributed by atoms with Crippen LogP contribution in [-0.2, 0) is 10.0 Å². The van der Waals surface area contributed by atoms with Crippen molar-refractivity contribution in [2.24, 2.45) is 0 Å². The van der Waals surface area contributed by atoms with E-state index in [1.54, 1.807) is 24.3 Å². The van der Waals surface area contributed by atoms with Gasteiger partial charge in [0.15, 0.2) is 0 Å². The van der Waals surface area contributed by atoms with E-state index in [-0.39, 0.29) is 21.5 Å². The SMILES string of the molecule is O=C(NCCC1=CCCCC1)c1ccc(NS(=O)(=O)c2ccccc2)c(Cl)c1. The van der Waals surface area contributed by atoms with Gasteiger partial charge in [-0.2, -0.15) is 0 Å². The molecule has 0 radical (unpaired) electrons. The minimum atomic E-state index is -3.74. The van der Waals surface area contributed by atoms with Crippen LogP contribution in [0.2, 0.25) is 5.02 Å². The predicted octanol–water partition coefficient (Wildman–Crippen LogP) is 4.76. The van der Waals surface area contributed by atoms with Crippen LogP contribution < -0.4 is 10.0 Å². The van der Waals surface area contributed by atoms with Gasteiger partial charge < -0.3 is 5.32 Å². The molecule has 5 nitrogen and oxygen atoms in total. The maximum absolute atomic E-state index is 12.4. The number of allylic oxidation sites excluding steroid dienone is 1. The van der Waals surface area contributed by atoms with Crippen LogP contribution >= 0.6 is 11.6 Å². The van der Waals surface area contributed by atoms with Crippen LogP contribution in [0.1, 0.15) is 42.5 Å². The fraction of sp³-hybridized carbons (Fsp3) is 0.286. The van der Waals surface area contributed by atoms with Crippen molar-refractivity contribution in [2.75, 3.05) is 11.3 Å². The number of hydrogen-bond donors (Lipinski definition) is 2. The monoisotopic (exact) mass is 418 g/mol. The fourth-order valence-electron chi connectivity index (χ4n) is 3.11. The summed E-state index contributed by atoms with van der Waals surface area (Å²) in [5, 5.41) is 3.06. The summed E-state index contributed by atoms with van der Waals surface area (Å²) in [6.07, 6.45) is 7.82. The lowest BCUT2D eigenvalue weighted by Gasteiger charge is -2.13. The van der Waals surface area contributed by atoms with Gasteiger partial charge in [0.05, 0.1) is 15.6 Å². The smallest absolute Gasteiger partial charge is 0.261 e. The molecule has 0 spiro atoms. The molecule has 0 unspecified atom stereocenters. The molecule has 2 aromatic carbocycles. The molecule has 1 aliphatic carbocycles. The normalized spacial score (nSPS) is 14.2. The molecule has 2 aromatic rings. The zero-order valence-corrected chi connectivity index (χ0v) is 17.0. The van der Waals surface area contributed by atoms with Crippen LogP contribution in [0.25, 0.3) is 0 Å². The van der Waals surface area contributed by atoms with E-state index in [2.05, 4.69) is 16.1 Å². The Morgan fingerprint density at radius 2 is 1.86 bits per heavy atom. The van der Waals surface area contributed by atoms with Crippen LogP contribution in [0, 0.1) is 0 Å². The molecule has 1 amide bonds. The average molecular weight is 419 g/mol. The summed E-state index contributed by atoms with van der Waals surface area (Å²) >= 11 is 6.21. The lowest BCUT2D eigenvalue weighted by Crippen LogP contribution is -2.25. The van der Waals surface area contributed by atoms with Gasteiger partial charge in [0.2, 0.25) is 0 Å². The topological polar surface area (TPSA) is 75.3 Å². The van der Waals surface area contributed by atoms with Crippen molar-refractivity contribution in [3.63, 3.8) is 0 Å². The molecule has 2 N–H and O–H groups in total. The number of carbonyl (C=O) groups is 1. The van der Waals surface area contributed by atoms with Gasteiger partial charge in [-0.25, -0.2) is 8.42 Å². The number of anilines is 1. The highest BCUT2D eigenvalue weighted by Gasteiger charge is 2.16. The Morgan fingerprint density at radius 3 is 2.54 bits per heavy atom. The molecule has 0 fully saturated rings. The van der Waals surface area contributed by atoms with Crippen LogP contribution in [0.5, 0.6) is 0 Å². The van der Waals surface area contributed by atoms with E-state index in [1.807, 2.05) is 0 Å². The van der Waals surface area contributed by atoms with E-state index >= 15 is 0 Å². The number of hydrogen-bond acceptors (Lipinski definition) is 3. The van der Waals surface area contributed by atoms with Gasteiger partial charge >= 0.3 is 0 Å². The summed E-state index contributed by atoms with van der Waals surface area (Å²) < 4.78 is 27.3. The third kappa shape index (κ3) is 5.36. The summed E-state index contributed by atoms with van der Waals surface area (Å²) in [6, 6.07) is 12.6. The summed E-state index contributed by atoms with van der Waals surface area (Å²) in [5.41, 5.74) is 2.02. The number of halogens is 1. The lowest BCUT2D eigenvalue weighted by atomic mass is 9.97. The molecule has 0 aromatic heterocycles. The Bertz CT molecular complexity index is 972. The van der Waals surface area contributed by atoms with Gasteiger partial charge in [0, 0.05) is 12.1 Å². The van der Waals surface area contributed by atoms with E-state index < -0.39 is 10.0 Å². The van der Waals surface area contributed by atoms with Gasteiger partial charge in [-0.3, -0.25) is 9.52 Å². The Labute approximate surface area is 170 Å². The summed E-state index contributed by atoms with van der Waals surface area (Å²) in [4.78, 5) is 12.5. The van der Waals surface area contributed by atoms with Crippen molar-refractivity contribution >= 4 is 33.2 Å². The number of benzene rings is 2. The molecule has 0 aliphatic heterocycles. The molecular weight excluding hydrogens is 396 g/mol. The molecule has 0 saturated heterocycles. The van der Waals surface area contributed by atoms with Crippen LogP contribution in [-0.4, -0.2) is 20.9 Å². The first kappa shape index (κ1) is 20.4. The second-order valence-corrected chi connectivity index (χ2v) is 8.82. The van der Waals surface area contributed by atoms with Gasteiger partial charge in [0.25, 0.3) is 15.9 Å². The Balaban J connectivity index is 1.61. The second kappa shape index (κ2) is 9.26. The van der Waals surface area contributed by atoms with E-state index in [1.165, 1.54) is 42.7 Å². The molecule has 1 aliphatic rings. The minimum absolute atomic E-state index is 0.143. The molecule has 28 heavy (non-hydrogen) atoms. The standard InChI is InChI=1S/C21H23ClN2O3S/c22-19-15-17(21(25)23-14-13-16-7-3-1-4-8-16)11-12-20(19)24-28(26,27)18-9-5-2-6-10-18/h2,5-7,9-12,15,24H,1,3-4,8,13-14H2,(H,23,25). The number of carbonyl (C=O) groups excluding carboxylic acids is 1. The number of sulfonamides is 1. The van der Waals surface area contributed by atoms with Crippen molar-refractivity contribution in [3.8, 4) is 0 Å². The quantitative estimate of drug-likeness (QED) is 0.636. The van der Waals surface area contributed by atoms with Crippen LogP contribution in [0.15, 0.2) is 65.1 Å². The van der Waals surface area contributed by atoms with Gasteiger partial charge in [-0.15, -0.1) is 0 Å². The zero-order valence-electron chi connectivity index (χ0n) is 15.4. The van der Waals surface area contributed by atoms with Crippen molar-refractivity contribution in [3.05, 3.63) is 70.8 Å². The van der Waals surface area contributed by atoms with Crippen LogP contribution in [0.4, 0.5) is 5.69 Å². The van der Waals surface area contributed by atoms with E-state index in [0.29, 0.717) is 12.1 Å². The first-order valence-electron chi connectivity index (χ1n) is 9.29. The molecule has 3 rings (SSSR count). The number of amides is 1. The highest BCUT2D eigenvalue weighted by atomic mass is 35.5. The maximum atomic E-state index is 12.4. The summed E-state index contributed by atoms with van der Waals surface area (Å²) in [7, 11) is -3.74. The van der Waals surface area contributed by atoms with Crippen molar-refractivity contribution in [2.45, 2.75) is 37.0 Å². The Kier molecular flexibility index (Phi) is 6.75. The second-order valence-electron chi connectivity index (χ2n) is 6.73. The predicted molar refractivity (Wildman–Crippen MR) is 112 cm³/mol. The third-order valence-electron chi connectivity index (χ3n) is 4.65. The lowest BCUT2D eigenvalue weighted by molar-refractivity contribution is 0.0954. The van der Waals surface area contributed by atoms with Crippen molar-refractivity contribution < 1.29 is 13.2 Å². The third-order valence-corrected chi connectivity index (χ3v) is 6.34. The summed E-state index contributed by atoms with van der Waals surface area (Å²) in [6.45, 7) is 0.574. The number of nitrogens with one attached hydrogen (secondary N) is 2. The molecule has 0 saturated carbocycles. The summed E-state index contributed by atoms with van der Waals surface area (Å²) in [5.74, 6) is -0.226. The first-order valence-corrected chi connectivity index (χ1v) is 11.2. The molecule has 0 atom stereocenters. The van der Waals surface area contributed by atoms with E-state index in [9.17, 15) is 13.2 Å². The fourth-order valence-corrected chi connectivity index (χ4v) is 4.50. The largest absolute Gasteiger partial charge is 0.352 e. The van der Waals surface area contributed by atoms with Gasteiger partial charge in [-0.05, 0) is 62.4 Å². The molecule has 0 heterocycles. The Hall–Kier alpha value is -2.31. The van der Waals surface area contributed by atoms with Gasteiger partial charge in [-0.1, -0.05) is 41.4 Å². The average Bonchev–Trinajstić information content (AvgIpc) is 2.71. The molecule has 148 valence electrons. The van der Waals surface area contributed by atoms with Crippen molar-refractivity contribution in [1.29, 1.82) is 0 Å². The molecule has 7 heteroatoms. The number of rotatable bonds is 7. The molecular formula is C21H23ClN2O3S. The van der Waals surface area contributed by atoms with Crippen LogP contribution in [0.3, 0.4) is 0 Å². The van der Waals surface area contributed by atoms with Crippen molar-refractivity contribution in [1.82, 2.24) is 5.32 Å². The van der Waals surface area contributed by atoms with E-state index in [0.717, 1.165) is 19.3 Å². The Morgan fingerprint density at radius 1 is 1.07 bits per heavy atom. The maximum Gasteiger partial charge on any atom is 0.261 e. The van der Waals surface area contributed by atoms with E-state index in [4.69, 9.17) is 11.6 Å². The highest BCUT2D eigenvalue weighted by Crippen LogP contribution is 2.26. The molecule has 0 bridgehead atoms. The first-order chi connectivity index (χ1) is 13.5. The minimum Gasteiger partial charge on any atom is -0.352 e. The van der Waals surface area contributed by atoms with Gasteiger partial charge in [0.1, 0.15) is 0 Å². The highest BCUT2D eigenvalue weighted by molar-refractivity contribution is 7.92.